The monoisotopic (exact) mass is 666 g/mol. The van der Waals surface area contributed by atoms with Crippen LogP contribution in [0.15, 0.2) is 68.6 Å². The third-order valence-corrected chi connectivity index (χ3v) is 8.62. The Bertz CT molecular complexity index is 1830. The minimum Gasteiger partial charge on any atom is -0.370 e. The van der Waals surface area contributed by atoms with Crippen LogP contribution in [0.1, 0.15) is 6.92 Å². The Morgan fingerprint density at radius 3 is 2.29 bits per heavy atom. The van der Waals surface area contributed by atoms with Crippen LogP contribution in [0.2, 0.25) is 0 Å². The van der Waals surface area contributed by atoms with Crippen molar-refractivity contribution in [2.24, 2.45) is 10.2 Å². The van der Waals surface area contributed by atoms with Crippen LogP contribution in [0.5, 0.6) is 0 Å². The highest BCUT2D eigenvalue weighted by Crippen LogP contribution is 2.36. The number of benzene rings is 3. The first-order valence-corrected chi connectivity index (χ1v) is 16.5. The van der Waals surface area contributed by atoms with Crippen LogP contribution in [0.25, 0.3) is 10.8 Å². The number of sulfone groups is 1. The van der Waals surface area contributed by atoms with Crippen LogP contribution < -0.4 is 10.6 Å². The second-order valence-electron chi connectivity index (χ2n) is 8.14. The number of hydrogen-bond donors (Lipinski definition) is 5. The van der Waals surface area contributed by atoms with Crippen LogP contribution in [0, 0.1) is 0 Å². The normalized spacial score (nSPS) is 12.6. The molecular weight excluding hydrogens is 645 g/mol. The largest absolute Gasteiger partial charge is 0.370 e. The first-order chi connectivity index (χ1) is 19.6. The van der Waals surface area contributed by atoms with Gasteiger partial charge in [-0.15, -0.1) is 14.6 Å². The van der Waals surface area contributed by atoms with E-state index in [0.29, 0.717) is 0 Å². The van der Waals surface area contributed by atoms with Crippen LogP contribution in [0.3, 0.4) is 0 Å². The molecule has 0 aliphatic heterocycles. The number of rotatable bonds is 14. The van der Waals surface area contributed by atoms with E-state index in [0.717, 1.165) is 6.07 Å². The summed E-state index contributed by atoms with van der Waals surface area (Å²) in [6, 6.07) is 9.98. The molecule has 3 aromatic rings. The third kappa shape index (κ3) is 9.38. The third-order valence-electron chi connectivity index (χ3n) is 5.11. The quantitative estimate of drug-likeness (QED) is 0.0412. The van der Waals surface area contributed by atoms with Crippen molar-refractivity contribution in [1.82, 2.24) is 0 Å². The van der Waals surface area contributed by atoms with E-state index in [1.807, 2.05) is 0 Å². The van der Waals surface area contributed by atoms with Gasteiger partial charge in [-0.25, -0.2) is 13.7 Å². The smallest absolute Gasteiger partial charge is 0.297 e. The fourth-order valence-corrected chi connectivity index (χ4v) is 6.07. The van der Waals surface area contributed by atoms with Crippen molar-refractivity contribution in [2.45, 2.75) is 16.7 Å². The number of anilines is 2. The van der Waals surface area contributed by atoms with Crippen molar-refractivity contribution < 1.29 is 58.0 Å². The van der Waals surface area contributed by atoms with E-state index in [1.165, 1.54) is 49.4 Å². The summed E-state index contributed by atoms with van der Waals surface area (Å²) in [5, 5.41) is 24.2. The number of azo groups is 1. The Kier molecular flexibility index (Phi) is 10.9. The SMILES string of the molecule is CC(=O)Nc1cc(NCS(=O)(=O)O)ccc1N=Nc1ccc2cc(S(=O)(=O)CCOSOOO)ccc2c1S(=O)(=O)O. The second kappa shape index (κ2) is 13.8. The van der Waals surface area contributed by atoms with Crippen molar-refractivity contribution in [1.29, 1.82) is 0 Å². The lowest BCUT2D eigenvalue weighted by molar-refractivity contribution is -0.434. The number of nitrogens with zero attached hydrogens (tertiary/aromatic N) is 2. The standard InChI is InChI=1S/C21H22N4O13S4/c1-13(26)23-20-11-15(22-12-41(30,31)32)3-7-18(20)24-25-19-6-2-14-10-16(4-5-17(14)21(19)42(33,34)35)40(28,29)9-8-36-39-38-37-27/h2-7,10-11,22,27H,8-9,12H2,1H3,(H,23,26)(H,30,31,32)(H,33,34,35). The van der Waals surface area contributed by atoms with E-state index in [9.17, 15) is 34.6 Å². The van der Waals surface area contributed by atoms with Gasteiger partial charge in [0, 0.05) is 18.0 Å². The van der Waals surface area contributed by atoms with Gasteiger partial charge in [-0.1, -0.05) is 17.2 Å². The summed E-state index contributed by atoms with van der Waals surface area (Å²) >= 11 is 0.203. The molecule has 3 aromatic carbocycles. The lowest BCUT2D eigenvalue weighted by Crippen LogP contribution is -2.13. The molecule has 0 atom stereocenters. The highest BCUT2D eigenvalue weighted by Gasteiger charge is 2.22. The van der Waals surface area contributed by atoms with Gasteiger partial charge in [-0.3, -0.25) is 18.1 Å². The molecule has 0 unspecified atom stereocenters. The Labute approximate surface area is 243 Å². The molecule has 17 nitrogen and oxygen atoms in total. The maximum absolute atomic E-state index is 12.7. The molecule has 5 N–H and O–H groups in total. The summed E-state index contributed by atoms with van der Waals surface area (Å²) in [6.45, 7) is 0.849. The molecule has 0 aromatic heterocycles. The summed E-state index contributed by atoms with van der Waals surface area (Å²) < 4.78 is 99.6. The first kappa shape index (κ1) is 33.3. The zero-order chi connectivity index (χ0) is 31.1. The molecule has 3 rings (SSSR count). The molecule has 42 heavy (non-hydrogen) atoms. The molecule has 0 aliphatic rings. The van der Waals surface area contributed by atoms with Gasteiger partial charge >= 0.3 is 0 Å². The molecule has 0 heterocycles. The molecule has 0 spiro atoms. The average Bonchev–Trinajstić information content (AvgIpc) is 2.89. The Hall–Kier alpha value is -3.25. The van der Waals surface area contributed by atoms with Gasteiger partial charge in [0.25, 0.3) is 20.2 Å². The fraction of sp³-hybridized carbons (Fsp3) is 0.190. The highest BCUT2D eigenvalue weighted by molar-refractivity contribution is 7.91. The molecule has 0 bridgehead atoms. The van der Waals surface area contributed by atoms with E-state index >= 15 is 0 Å². The topological polar surface area (TPSA) is 257 Å². The maximum Gasteiger partial charge on any atom is 0.297 e. The number of hydrogen-bond acceptors (Lipinski definition) is 15. The van der Waals surface area contributed by atoms with Gasteiger partial charge < -0.3 is 10.6 Å². The van der Waals surface area contributed by atoms with Crippen molar-refractivity contribution >= 4 is 81.8 Å². The Morgan fingerprint density at radius 1 is 0.952 bits per heavy atom. The zero-order valence-electron chi connectivity index (χ0n) is 21.2. The van der Waals surface area contributed by atoms with Crippen LogP contribution in [0.4, 0.5) is 22.7 Å². The predicted octanol–water partition coefficient (Wildman–Crippen LogP) is 3.49. The van der Waals surface area contributed by atoms with Crippen molar-refractivity contribution in [3.05, 3.63) is 48.5 Å². The number of carbonyl (C=O) groups is 1. The van der Waals surface area contributed by atoms with Crippen LogP contribution >= 0.6 is 12.3 Å². The van der Waals surface area contributed by atoms with Crippen LogP contribution in [-0.4, -0.2) is 63.8 Å². The summed E-state index contributed by atoms with van der Waals surface area (Å²) in [6.07, 6.45) is 0. The summed E-state index contributed by atoms with van der Waals surface area (Å²) in [5.41, 5.74) is -0.0713. The van der Waals surface area contributed by atoms with Gasteiger partial charge in [0.2, 0.25) is 5.91 Å². The van der Waals surface area contributed by atoms with E-state index in [1.54, 1.807) is 0 Å². The first-order valence-electron chi connectivity index (χ1n) is 11.2. The van der Waals surface area contributed by atoms with Gasteiger partial charge in [0.1, 0.15) is 22.1 Å². The Morgan fingerprint density at radius 2 is 1.64 bits per heavy atom. The van der Waals surface area contributed by atoms with E-state index in [2.05, 4.69) is 30.2 Å². The molecule has 1 amide bonds. The summed E-state index contributed by atoms with van der Waals surface area (Å²) in [5.74, 6) is -1.84. The molecule has 228 valence electrons. The molecular formula is C21H22N4O13S4. The minimum atomic E-state index is -4.93. The number of amides is 1. The van der Waals surface area contributed by atoms with E-state index in [-0.39, 0.29) is 57.3 Å². The molecule has 0 aliphatic carbocycles. The average molecular weight is 667 g/mol. The van der Waals surface area contributed by atoms with Crippen LogP contribution in [-0.2, 0) is 48.4 Å². The zero-order valence-corrected chi connectivity index (χ0v) is 24.5. The van der Waals surface area contributed by atoms with Gasteiger partial charge in [0.05, 0.1) is 22.9 Å². The lowest BCUT2D eigenvalue weighted by Gasteiger charge is -2.11. The number of fused-ring (bicyclic) bond motifs is 1. The summed E-state index contributed by atoms with van der Waals surface area (Å²) in [4.78, 5) is 10.8. The fourth-order valence-electron chi connectivity index (χ4n) is 3.44. The number of nitrogens with one attached hydrogen (secondary N) is 2. The maximum atomic E-state index is 12.7. The van der Waals surface area contributed by atoms with Gasteiger partial charge in [-0.2, -0.15) is 16.8 Å². The minimum absolute atomic E-state index is 0.0155. The van der Waals surface area contributed by atoms with Gasteiger partial charge in [-0.05, 0) is 41.8 Å². The van der Waals surface area contributed by atoms with E-state index < -0.39 is 52.5 Å². The molecule has 0 saturated carbocycles. The summed E-state index contributed by atoms with van der Waals surface area (Å²) in [7, 11) is -13.2. The van der Waals surface area contributed by atoms with E-state index in [4.69, 9.17) is 14.0 Å². The second-order valence-corrected chi connectivity index (χ2v) is 13.6. The van der Waals surface area contributed by atoms with Crippen molar-refractivity contribution in [2.75, 3.05) is 28.9 Å². The van der Waals surface area contributed by atoms with Crippen molar-refractivity contribution in [3.8, 4) is 0 Å². The Balaban J connectivity index is 1.99. The lowest BCUT2D eigenvalue weighted by atomic mass is 10.1. The molecule has 0 saturated heterocycles. The predicted molar refractivity (Wildman–Crippen MR) is 149 cm³/mol. The molecule has 21 heteroatoms. The molecule has 0 radical (unpaired) electrons. The highest BCUT2D eigenvalue weighted by atomic mass is 32.2. The molecule has 0 fully saturated rings. The number of carbonyl (C=O) groups excluding carboxylic acids is 1. The van der Waals surface area contributed by atoms with Crippen molar-refractivity contribution in [3.63, 3.8) is 0 Å². The van der Waals surface area contributed by atoms with Gasteiger partial charge in [0.15, 0.2) is 22.2 Å².